The van der Waals surface area contributed by atoms with Gasteiger partial charge in [0.05, 0.1) is 11.4 Å². The van der Waals surface area contributed by atoms with Crippen LogP contribution in [0.25, 0.3) is 5.69 Å². The highest BCUT2D eigenvalue weighted by Gasteiger charge is 2.05. The molecule has 0 radical (unpaired) electrons. The Morgan fingerprint density at radius 2 is 1.67 bits per heavy atom. The molecule has 1 heterocycles. The van der Waals surface area contributed by atoms with Gasteiger partial charge in [-0.05, 0) is 62.4 Å². The summed E-state index contributed by atoms with van der Waals surface area (Å²) < 4.78 is 1.95. The average Bonchev–Trinajstić information content (AvgIpc) is 3.01. The summed E-state index contributed by atoms with van der Waals surface area (Å²) in [5.41, 5.74) is 5.71. The monoisotopic (exact) mass is 361 g/mol. The SMILES string of the molecule is Cc1cc(C)n(-c2ccc(CCNC(=O)CCCc3ccccc3)cc2)n1. The van der Waals surface area contributed by atoms with Gasteiger partial charge in [0.15, 0.2) is 0 Å². The number of carbonyl (C=O) groups excluding carboxylic acids is 1. The lowest BCUT2D eigenvalue weighted by molar-refractivity contribution is -0.121. The van der Waals surface area contributed by atoms with Gasteiger partial charge in [-0.25, -0.2) is 4.68 Å². The summed E-state index contributed by atoms with van der Waals surface area (Å²) in [6.07, 6.45) is 3.24. The first kappa shape index (κ1) is 18.9. The van der Waals surface area contributed by atoms with Crippen LogP contribution in [0.1, 0.15) is 35.4 Å². The van der Waals surface area contributed by atoms with Crippen LogP contribution in [0.4, 0.5) is 0 Å². The van der Waals surface area contributed by atoms with E-state index < -0.39 is 0 Å². The van der Waals surface area contributed by atoms with Crippen LogP contribution in [0.2, 0.25) is 0 Å². The van der Waals surface area contributed by atoms with E-state index in [1.54, 1.807) is 0 Å². The predicted octanol–water partition coefficient (Wildman–Crippen LogP) is 4.17. The first-order valence-corrected chi connectivity index (χ1v) is 9.55. The number of amides is 1. The van der Waals surface area contributed by atoms with Gasteiger partial charge in [-0.15, -0.1) is 0 Å². The van der Waals surface area contributed by atoms with Crippen LogP contribution >= 0.6 is 0 Å². The molecule has 0 saturated carbocycles. The van der Waals surface area contributed by atoms with Gasteiger partial charge in [-0.1, -0.05) is 42.5 Å². The fourth-order valence-electron chi connectivity index (χ4n) is 3.23. The number of carbonyl (C=O) groups is 1. The third-order valence-corrected chi connectivity index (χ3v) is 4.64. The Balaban J connectivity index is 1.40. The molecule has 0 fully saturated rings. The maximum Gasteiger partial charge on any atom is 0.220 e. The summed E-state index contributed by atoms with van der Waals surface area (Å²) >= 11 is 0. The Labute approximate surface area is 161 Å². The van der Waals surface area contributed by atoms with Crippen molar-refractivity contribution in [3.8, 4) is 5.69 Å². The van der Waals surface area contributed by atoms with Crippen molar-refractivity contribution >= 4 is 5.91 Å². The third-order valence-electron chi connectivity index (χ3n) is 4.64. The predicted molar refractivity (Wildman–Crippen MR) is 109 cm³/mol. The van der Waals surface area contributed by atoms with Crippen molar-refractivity contribution in [2.24, 2.45) is 0 Å². The van der Waals surface area contributed by atoms with Crippen LogP contribution < -0.4 is 5.32 Å². The minimum Gasteiger partial charge on any atom is -0.356 e. The number of hydrogen-bond donors (Lipinski definition) is 1. The fourth-order valence-corrected chi connectivity index (χ4v) is 3.23. The topological polar surface area (TPSA) is 46.9 Å². The van der Waals surface area contributed by atoms with Crippen LogP contribution in [-0.2, 0) is 17.6 Å². The highest BCUT2D eigenvalue weighted by Crippen LogP contribution is 2.13. The van der Waals surface area contributed by atoms with E-state index in [1.807, 2.05) is 29.8 Å². The number of rotatable bonds is 8. The van der Waals surface area contributed by atoms with Gasteiger partial charge in [0.2, 0.25) is 5.91 Å². The Morgan fingerprint density at radius 1 is 0.963 bits per heavy atom. The van der Waals surface area contributed by atoms with Crippen molar-refractivity contribution in [2.45, 2.75) is 39.5 Å². The smallest absolute Gasteiger partial charge is 0.220 e. The van der Waals surface area contributed by atoms with Gasteiger partial charge >= 0.3 is 0 Å². The Kier molecular flexibility index (Phi) is 6.42. The summed E-state index contributed by atoms with van der Waals surface area (Å²) in [4.78, 5) is 12.0. The Bertz CT molecular complexity index is 866. The number of nitrogens with zero attached hydrogens (tertiary/aromatic N) is 2. The first-order valence-electron chi connectivity index (χ1n) is 9.55. The lowest BCUT2D eigenvalue weighted by Gasteiger charge is -2.08. The van der Waals surface area contributed by atoms with Crippen LogP contribution in [0, 0.1) is 13.8 Å². The van der Waals surface area contributed by atoms with Crippen LogP contribution in [-0.4, -0.2) is 22.2 Å². The molecule has 0 bridgehead atoms. The highest BCUT2D eigenvalue weighted by molar-refractivity contribution is 5.75. The molecule has 0 unspecified atom stereocenters. The average molecular weight is 361 g/mol. The molecule has 3 rings (SSSR count). The molecule has 0 saturated heterocycles. The van der Waals surface area contributed by atoms with Gasteiger partial charge < -0.3 is 5.32 Å². The first-order chi connectivity index (χ1) is 13.1. The van der Waals surface area contributed by atoms with Gasteiger partial charge in [-0.3, -0.25) is 4.79 Å². The summed E-state index contributed by atoms with van der Waals surface area (Å²) in [5, 5.41) is 7.53. The number of hydrogen-bond acceptors (Lipinski definition) is 2. The lowest BCUT2D eigenvalue weighted by Crippen LogP contribution is -2.25. The van der Waals surface area contributed by atoms with E-state index in [1.165, 1.54) is 11.1 Å². The van der Waals surface area contributed by atoms with Gasteiger partial charge in [0.25, 0.3) is 0 Å². The molecule has 140 valence electrons. The third kappa shape index (κ3) is 5.55. The fraction of sp³-hybridized carbons (Fsp3) is 0.304. The maximum atomic E-state index is 12.0. The molecule has 1 aromatic heterocycles. The second-order valence-corrected chi connectivity index (χ2v) is 6.94. The van der Waals surface area contributed by atoms with Gasteiger partial charge in [0, 0.05) is 18.7 Å². The van der Waals surface area contributed by atoms with E-state index in [2.05, 4.69) is 59.8 Å². The largest absolute Gasteiger partial charge is 0.356 e. The zero-order valence-electron chi connectivity index (χ0n) is 16.1. The Morgan fingerprint density at radius 3 is 2.33 bits per heavy atom. The molecule has 2 aromatic carbocycles. The molecule has 0 aliphatic rings. The number of nitrogens with one attached hydrogen (secondary N) is 1. The van der Waals surface area contributed by atoms with Crippen molar-refractivity contribution in [1.82, 2.24) is 15.1 Å². The molecule has 0 atom stereocenters. The molecule has 3 aromatic rings. The van der Waals surface area contributed by atoms with Crippen LogP contribution in [0.15, 0.2) is 60.7 Å². The van der Waals surface area contributed by atoms with E-state index in [-0.39, 0.29) is 5.91 Å². The molecule has 4 heteroatoms. The summed E-state index contributed by atoms with van der Waals surface area (Å²) in [6, 6.07) is 20.7. The van der Waals surface area contributed by atoms with E-state index in [0.717, 1.165) is 36.3 Å². The van der Waals surface area contributed by atoms with Crippen molar-refractivity contribution in [3.05, 3.63) is 83.2 Å². The summed E-state index contributed by atoms with van der Waals surface area (Å²) in [6.45, 7) is 4.73. The second-order valence-electron chi connectivity index (χ2n) is 6.94. The number of benzene rings is 2. The van der Waals surface area contributed by atoms with E-state index >= 15 is 0 Å². The minimum absolute atomic E-state index is 0.130. The van der Waals surface area contributed by atoms with Crippen molar-refractivity contribution < 1.29 is 4.79 Å². The molecule has 0 spiro atoms. The van der Waals surface area contributed by atoms with E-state index in [4.69, 9.17) is 0 Å². The maximum absolute atomic E-state index is 12.0. The molecule has 0 aliphatic carbocycles. The lowest BCUT2D eigenvalue weighted by atomic mass is 10.1. The number of aryl methyl sites for hydroxylation is 3. The summed E-state index contributed by atoms with van der Waals surface area (Å²) in [7, 11) is 0. The molecule has 0 aliphatic heterocycles. The Hall–Kier alpha value is -2.88. The van der Waals surface area contributed by atoms with E-state index in [0.29, 0.717) is 13.0 Å². The zero-order valence-corrected chi connectivity index (χ0v) is 16.1. The number of aromatic nitrogens is 2. The second kappa shape index (κ2) is 9.17. The van der Waals surface area contributed by atoms with Crippen molar-refractivity contribution in [3.63, 3.8) is 0 Å². The van der Waals surface area contributed by atoms with Crippen molar-refractivity contribution in [2.75, 3.05) is 6.54 Å². The highest BCUT2D eigenvalue weighted by atomic mass is 16.1. The molecular formula is C23H27N3O. The molecule has 1 N–H and O–H groups in total. The van der Waals surface area contributed by atoms with E-state index in [9.17, 15) is 4.79 Å². The quantitative estimate of drug-likeness (QED) is 0.654. The van der Waals surface area contributed by atoms with Gasteiger partial charge in [0.1, 0.15) is 0 Å². The summed E-state index contributed by atoms with van der Waals surface area (Å²) in [5.74, 6) is 0.130. The molecular weight excluding hydrogens is 334 g/mol. The van der Waals surface area contributed by atoms with Crippen LogP contribution in [0.5, 0.6) is 0 Å². The minimum atomic E-state index is 0.130. The zero-order chi connectivity index (χ0) is 19.1. The molecule has 27 heavy (non-hydrogen) atoms. The van der Waals surface area contributed by atoms with Crippen molar-refractivity contribution in [1.29, 1.82) is 0 Å². The normalized spacial score (nSPS) is 10.7. The van der Waals surface area contributed by atoms with Crippen LogP contribution in [0.3, 0.4) is 0 Å². The standard InChI is InChI=1S/C23H27N3O/c1-18-17-19(2)26(25-18)22-13-11-21(12-14-22)15-16-24-23(27)10-6-9-20-7-4-3-5-8-20/h3-5,7-8,11-14,17H,6,9-10,15-16H2,1-2H3,(H,24,27). The molecule has 4 nitrogen and oxygen atoms in total. The molecule has 1 amide bonds. The van der Waals surface area contributed by atoms with Gasteiger partial charge in [-0.2, -0.15) is 5.10 Å².